The van der Waals surface area contributed by atoms with Gasteiger partial charge in [0.2, 0.25) is 5.89 Å². The molecule has 3 N–H and O–H groups in total. The minimum atomic E-state index is -0.764. The van der Waals surface area contributed by atoms with Gasteiger partial charge in [0.1, 0.15) is 12.4 Å². The molecule has 1 amide bonds. The van der Waals surface area contributed by atoms with Crippen molar-refractivity contribution in [3.05, 3.63) is 17.3 Å². The van der Waals surface area contributed by atoms with Gasteiger partial charge in [0, 0.05) is 6.54 Å². The summed E-state index contributed by atoms with van der Waals surface area (Å²) in [4.78, 5) is 14.4. The van der Waals surface area contributed by atoms with Crippen LogP contribution < -0.4 is 11.1 Å². The molecule has 15 heavy (non-hydrogen) atoms. The van der Waals surface area contributed by atoms with Crippen LogP contribution in [0.4, 0.5) is 4.79 Å². The van der Waals surface area contributed by atoms with Gasteiger partial charge >= 0.3 is 6.09 Å². The molecule has 0 bridgehead atoms. The number of primary amides is 1. The molecule has 0 saturated heterocycles. The Balaban J connectivity index is 2.18. The first kappa shape index (κ1) is 11.5. The van der Waals surface area contributed by atoms with Crippen LogP contribution in [0.15, 0.2) is 4.42 Å². The third-order valence-corrected chi connectivity index (χ3v) is 1.87. The van der Waals surface area contributed by atoms with Gasteiger partial charge in [-0.15, -0.1) is 0 Å². The van der Waals surface area contributed by atoms with E-state index in [1.807, 2.05) is 13.8 Å². The Labute approximate surface area is 87.8 Å². The van der Waals surface area contributed by atoms with Gasteiger partial charge in [-0.3, -0.25) is 0 Å². The summed E-state index contributed by atoms with van der Waals surface area (Å²) in [7, 11) is 0. The van der Waals surface area contributed by atoms with Crippen LogP contribution in [0, 0.1) is 13.8 Å². The lowest BCUT2D eigenvalue weighted by molar-refractivity contribution is 0.157. The molecule has 1 heterocycles. The van der Waals surface area contributed by atoms with Crippen LogP contribution >= 0.6 is 0 Å². The van der Waals surface area contributed by atoms with Crippen LogP contribution in [0.1, 0.15) is 17.3 Å². The molecule has 0 aliphatic rings. The molecule has 0 radical (unpaired) electrons. The van der Waals surface area contributed by atoms with Gasteiger partial charge in [-0.25, -0.2) is 9.78 Å². The van der Waals surface area contributed by atoms with Gasteiger partial charge < -0.3 is 20.2 Å². The monoisotopic (exact) mass is 213 g/mol. The fourth-order valence-corrected chi connectivity index (χ4v) is 1.03. The Morgan fingerprint density at radius 1 is 1.60 bits per heavy atom. The van der Waals surface area contributed by atoms with Crippen LogP contribution in [-0.4, -0.2) is 24.2 Å². The SMILES string of the molecule is Cc1nc(CNCCOC(N)=O)oc1C. The first-order valence-electron chi connectivity index (χ1n) is 4.65. The number of rotatable bonds is 5. The highest BCUT2D eigenvalue weighted by atomic mass is 16.5. The van der Waals surface area contributed by atoms with Gasteiger partial charge in [-0.1, -0.05) is 0 Å². The number of aromatic nitrogens is 1. The van der Waals surface area contributed by atoms with Crippen molar-refractivity contribution in [1.29, 1.82) is 0 Å². The molecule has 0 aromatic carbocycles. The lowest BCUT2D eigenvalue weighted by atomic mass is 10.4. The molecule has 1 aromatic rings. The molecule has 1 rings (SSSR count). The Morgan fingerprint density at radius 2 is 2.33 bits per heavy atom. The molecule has 0 atom stereocenters. The molecule has 0 aliphatic carbocycles. The molecule has 0 fully saturated rings. The number of nitrogens with one attached hydrogen (secondary N) is 1. The van der Waals surface area contributed by atoms with Crippen LogP contribution in [0.2, 0.25) is 0 Å². The summed E-state index contributed by atoms with van der Waals surface area (Å²) in [5, 5.41) is 3.01. The topological polar surface area (TPSA) is 90.4 Å². The first-order chi connectivity index (χ1) is 7.09. The third-order valence-electron chi connectivity index (χ3n) is 1.87. The quantitative estimate of drug-likeness (QED) is 0.694. The Kier molecular flexibility index (Phi) is 4.11. The molecular formula is C9H15N3O3. The Hall–Kier alpha value is -1.56. The van der Waals surface area contributed by atoms with Crippen LogP contribution in [0.5, 0.6) is 0 Å². The minimum Gasteiger partial charge on any atom is -0.448 e. The second kappa shape index (κ2) is 5.35. The second-order valence-electron chi connectivity index (χ2n) is 3.09. The van der Waals surface area contributed by atoms with Crippen LogP contribution in [0.3, 0.4) is 0 Å². The third kappa shape index (κ3) is 3.99. The molecule has 84 valence electrons. The highest BCUT2D eigenvalue weighted by Crippen LogP contribution is 2.07. The highest BCUT2D eigenvalue weighted by Gasteiger charge is 2.04. The number of hydrogen-bond donors (Lipinski definition) is 2. The molecule has 0 unspecified atom stereocenters. The van der Waals surface area contributed by atoms with Crippen molar-refractivity contribution in [3.63, 3.8) is 0 Å². The smallest absolute Gasteiger partial charge is 0.404 e. The van der Waals surface area contributed by atoms with Crippen molar-refractivity contribution >= 4 is 6.09 Å². The van der Waals surface area contributed by atoms with Crippen molar-refractivity contribution in [2.24, 2.45) is 5.73 Å². The van der Waals surface area contributed by atoms with Gasteiger partial charge in [-0.05, 0) is 13.8 Å². The molecular weight excluding hydrogens is 198 g/mol. The lowest BCUT2D eigenvalue weighted by Gasteiger charge is -2.01. The minimum absolute atomic E-state index is 0.244. The average Bonchev–Trinajstić information content (AvgIpc) is 2.45. The molecule has 6 heteroatoms. The van der Waals surface area contributed by atoms with E-state index in [1.165, 1.54) is 0 Å². The largest absolute Gasteiger partial charge is 0.448 e. The maximum Gasteiger partial charge on any atom is 0.404 e. The lowest BCUT2D eigenvalue weighted by Crippen LogP contribution is -2.23. The Bertz CT molecular complexity index is 316. The number of ether oxygens (including phenoxy) is 1. The summed E-state index contributed by atoms with van der Waals surface area (Å²) < 4.78 is 9.87. The molecule has 0 saturated carbocycles. The van der Waals surface area contributed by atoms with Gasteiger partial charge in [0.05, 0.1) is 12.2 Å². The molecule has 6 nitrogen and oxygen atoms in total. The van der Waals surface area contributed by atoms with E-state index in [0.717, 1.165) is 11.5 Å². The van der Waals surface area contributed by atoms with Crippen molar-refractivity contribution < 1.29 is 13.9 Å². The van der Waals surface area contributed by atoms with Crippen molar-refractivity contribution in [1.82, 2.24) is 10.3 Å². The maximum absolute atomic E-state index is 10.2. The van der Waals surface area contributed by atoms with Crippen molar-refractivity contribution in [3.8, 4) is 0 Å². The zero-order valence-electron chi connectivity index (χ0n) is 8.87. The van der Waals surface area contributed by atoms with Crippen molar-refractivity contribution in [2.45, 2.75) is 20.4 Å². The van der Waals surface area contributed by atoms with E-state index < -0.39 is 6.09 Å². The fraction of sp³-hybridized carbons (Fsp3) is 0.556. The number of hydrogen-bond acceptors (Lipinski definition) is 5. The van der Waals surface area contributed by atoms with E-state index >= 15 is 0 Å². The summed E-state index contributed by atoms with van der Waals surface area (Å²) in [5.74, 6) is 1.45. The summed E-state index contributed by atoms with van der Waals surface area (Å²) in [6.07, 6.45) is -0.764. The van der Waals surface area contributed by atoms with E-state index in [9.17, 15) is 4.79 Å². The number of oxazole rings is 1. The fourth-order valence-electron chi connectivity index (χ4n) is 1.03. The normalized spacial score (nSPS) is 10.3. The molecule has 1 aromatic heterocycles. The predicted octanol–water partition coefficient (Wildman–Crippen LogP) is 0.476. The first-order valence-corrected chi connectivity index (χ1v) is 4.65. The number of carbonyl (C=O) groups excluding carboxylic acids is 1. The Morgan fingerprint density at radius 3 is 2.87 bits per heavy atom. The predicted molar refractivity (Wildman–Crippen MR) is 53.2 cm³/mol. The number of nitrogens with two attached hydrogens (primary N) is 1. The van der Waals surface area contributed by atoms with Gasteiger partial charge in [-0.2, -0.15) is 0 Å². The maximum atomic E-state index is 10.2. The van der Waals surface area contributed by atoms with E-state index in [1.54, 1.807) is 0 Å². The van der Waals surface area contributed by atoms with Gasteiger partial charge in [0.15, 0.2) is 0 Å². The summed E-state index contributed by atoms with van der Waals surface area (Å²) >= 11 is 0. The average molecular weight is 213 g/mol. The van der Waals surface area contributed by atoms with Gasteiger partial charge in [0.25, 0.3) is 0 Å². The molecule has 0 spiro atoms. The van der Waals surface area contributed by atoms with E-state index in [0.29, 0.717) is 19.0 Å². The number of nitrogens with zero attached hydrogens (tertiary/aromatic N) is 1. The zero-order valence-corrected chi connectivity index (χ0v) is 8.87. The van der Waals surface area contributed by atoms with E-state index in [-0.39, 0.29) is 6.61 Å². The van der Waals surface area contributed by atoms with Crippen molar-refractivity contribution in [2.75, 3.05) is 13.2 Å². The molecule has 0 aliphatic heterocycles. The zero-order chi connectivity index (χ0) is 11.3. The second-order valence-corrected chi connectivity index (χ2v) is 3.09. The van der Waals surface area contributed by atoms with Crippen LogP contribution in [0.25, 0.3) is 0 Å². The summed E-state index contributed by atoms with van der Waals surface area (Å²) in [6.45, 7) is 5.02. The summed E-state index contributed by atoms with van der Waals surface area (Å²) in [6, 6.07) is 0. The summed E-state index contributed by atoms with van der Waals surface area (Å²) in [5.41, 5.74) is 5.68. The number of carbonyl (C=O) groups is 1. The van der Waals surface area contributed by atoms with E-state index in [2.05, 4.69) is 15.0 Å². The number of amides is 1. The highest BCUT2D eigenvalue weighted by molar-refractivity contribution is 5.64. The van der Waals surface area contributed by atoms with E-state index in [4.69, 9.17) is 10.2 Å². The van der Waals surface area contributed by atoms with Crippen LogP contribution in [-0.2, 0) is 11.3 Å². The number of aryl methyl sites for hydroxylation is 2. The standard InChI is InChI=1S/C9H15N3O3/c1-6-7(2)15-8(12-6)5-11-3-4-14-9(10)13/h11H,3-5H2,1-2H3,(H2,10,13).